The summed E-state index contributed by atoms with van der Waals surface area (Å²) in [7, 11) is 1.37. The highest BCUT2D eigenvalue weighted by Crippen LogP contribution is 2.32. The second-order valence-electron chi connectivity index (χ2n) is 6.88. The topological polar surface area (TPSA) is 110 Å². The first-order chi connectivity index (χ1) is 13.3. The van der Waals surface area contributed by atoms with E-state index in [2.05, 4.69) is 9.97 Å². The van der Waals surface area contributed by atoms with Gasteiger partial charge in [0, 0.05) is 42.2 Å². The largest absolute Gasteiger partial charge is 0.478 e. The second kappa shape index (κ2) is 6.45. The zero-order valence-electron chi connectivity index (χ0n) is 15.5. The number of nitrogens with zero attached hydrogens (tertiary/aromatic N) is 3. The Hall–Kier alpha value is -3.20. The van der Waals surface area contributed by atoms with Crippen LogP contribution in [0.25, 0.3) is 21.3 Å². The first-order valence-corrected chi connectivity index (χ1v) is 9.54. The summed E-state index contributed by atoms with van der Waals surface area (Å²) in [5.41, 5.74) is 0.545. The Balaban J connectivity index is 2.06. The van der Waals surface area contributed by atoms with Crippen LogP contribution in [0.2, 0.25) is 0 Å². The SMILES string of the molecule is CC(C)n1c(=O)n(C)c(=O)c2c(C(=O)O)c(Cc3ccnc4[nH]ccc34)sc21. The summed E-state index contributed by atoms with van der Waals surface area (Å²) >= 11 is 1.19. The molecule has 0 saturated heterocycles. The molecule has 0 aliphatic heterocycles. The third kappa shape index (κ3) is 2.58. The van der Waals surface area contributed by atoms with Gasteiger partial charge in [0.2, 0.25) is 0 Å². The molecule has 8 nitrogen and oxygen atoms in total. The van der Waals surface area contributed by atoms with Gasteiger partial charge in [0.25, 0.3) is 5.56 Å². The number of hydrogen-bond acceptors (Lipinski definition) is 5. The van der Waals surface area contributed by atoms with Crippen LogP contribution in [0, 0.1) is 0 Å². The fraction of sp³-hybridized carbons (Fsp3) is 0.263. The van der Waals surface area contributed by atoms with Crippen LogP contribution in [0.15, 0.2) is 34.1 Å². The number of aromatic amines is 1. The van der Waals surface area contributed by atoms with E-state index < -0.39 is 17.2 Å². The fourth-order valence-corrected chi connectivity index (χ4v) is 4.92. The number of aromatic carboxylic acids is 1. The molecule has 0 saturated carbocycles. The number of H-pyrrole nitrogens is 1. The van der Waals surface area contributed by atoms with Gasteiger partial charge in [0.1, 0.15) is 10.5 Å². The van der Waals surface area contributed by atoms with Crippen LogP contribution in [-0.4, -0.2) is 30.2 Å². The van der Waals surface area contributed by atoms with Gasteiger partial charge in [-0.3, -0.25) is 13.9 Å². The van der Waals surface area contributed by atoms with Gasteiger partial charge >= 0.3 is 11.7 Å². The maximum atomic E-state index is 12.8. The predicted octanol–water partition coefficient (Wildman–Crippen LogP) is 2.51. The predicted molar refractivity (Wildman–Crippen MR) is 108 cm³/mol. The van der Waals surface area contributed by atoms with Crippen molar-refractivity contribution in [2.45, 2.75) is 26.3 Å². The normalized spacial score (nSPS) is 11.7. The number of fused-ring (bicyclic) bond motifs is 2. The van der Waals surface area contributed by atoms with Gasteiger partial charge in [-0.15, -0.1) is 11.3 Å². The summed E-state index contributed by atoms with van der Waals surface area (Å²) in [5, 5.41) is 10.9. The molecule has 0 amide bonds. The lowest BCUT2D eigenvalue weighted by atomic mass is 10.1. The molecule has 9 heteroatoms. The quantitative estimate of drug-likeness (QED) is 0.549. The Kier molecular flexibility index (Phi) is 4.19. The number of pyridine rings is 1. The average Bonchev–Trinajstić information content (AvgIpc) is 3.25. The molecule has 0 aliphatic carbocycles. The van der Waals surface area contributed by atoms with Gasteiger partial charge in [0.15, 0.2) is 0 Å². The molecule has 0 bridgehead atoms. The summed E-state index contributed by atoms with van der Waals surface area (Å²) in [5.74, 6) is -1.17. The van der Waals surface area contributed by atoms with E-state index >= 15 is 0 Å². The summed E-state index contributed by atoms with van der Waals surface area (Å²) in [6.07, 6.45) is 3.76. The molecule has 4 heterocycles. The van der Waals surface area contributed by atoms with Crippen molar-refractivity contribution in [3.63, 3.8) is 0 Å². The molecule has 0 unspecified atom stereocenters. The third-order valence-electron chi connectivity index (χ3n) is 4.82. The number of aromatic nitrogens is 4. The Morgan fingerprint density at radius 2 is 2.07 bits per heavy atom. The molecule has 4 aromatic heterocycles. The zero-order valence-corrected chi connectivity index (χ0v) is 16.3. The van der Waals surface area contributed by atoms with Gasteiger partial charge in [0.05, 0.1) is 10.9 Å². The van der Waals surface area contributed by atoms with Crippen molar-refractivity contribution in [1.82, 2.24) is 19.1 Å². The van der Waals surface area contributed by atoms with Crippen LogP contribution in [0.1, 0.15) is 40.7 Å². The summed E-state index contributed by atoms with van der Waals surface area (Å²) in [6.45, 7) is 3.66. The number of hydrogen-bond donors (Lipinski definition) is 2. The summed E-state index contributed by atoms with van der Waals surface area (Å²) in [4.78, 5) is 45.7. The Labute approximate surface area is 162 Å². The Morgan fingerprint density at radius 1 is 1.32 bits per heavy atom. The highest BCUT2D eigenvalue weighted by atomic mass is 32.1. The number of carboxylic acids is 1. The second-order valence-corrected chi connectivity index (χ2v) is 7.97. The van der Waals surface area contributed by atoms with Crippen molar-refractivity contribution in [1.29, 1.82) is 0 Å². The van der Waals surface area contributed by atoms with Gasteiger partial charge in [-0.05, 0) is 31.5 Å². The van der Waals surface area contributed by atoms with E-state index in [4.69, 9.17) is 0 Å². The van der Waals surface area contributed by atoms with Crippen LogP contribution < -0.4 is 11.2 Å². The van der Waals surface area contributed by atoms with E-state index in [9.17, 15) is 19.5 Å². The van der Waals surface area contributed by atoms with Crippen LogP contribution in [0.5, 0.6) is 0 Å². The molecule has 0 aromatic carbocycles. The number of carbonyl (C=O) groups is 1. The minimum atomic E-state index is -1.17. The van der Waals surface area contributed by atoms with Gasteiger partial charge in [-0.2, -0.15) is 0 Å². The first kappa shape index (κ1) is 18.2. The molecule has 4 rings (SSSR count). The molecular formula is C19H18N4O4S. The standard InChI is InChI=1S/C19H18N4O4S/c1-9(2)23-17-14(16(24)22(3)19(23)27)13(18(25)26)12(28-17)8-10-4-6-20-15-11(10)5-7-21-15/h4-7,9H,8H2,1-3H3,(H,20,21)(H,25,26). The van der Waals surface area contributed by atoms with E-state index in [0.717, 1.165) is 15.5 Å². The van der Waals surface area contributed by atoms with Gasteiger partial charge in [-0.25, -0.2) is 14.6 Å². The monoisotopic (exact) mass is 398 g/mol. The van der Waals surface area contributed by atoms with Gasteiger partial charge in [-0.1, -0.05) is 0 Å². The summed E-state index contributed by atoms with van der Waals surface area (Å²) in [6, 6.07) is 3.50. The highest BCUT2D eigenvalue weighted by molar-refractivity contribution is 7.19. The molecule has 0 fully saturated rings. The molecule has 0 atom stereocenters. The number of nitrogens with one attached hydrogen (secondary N) is 1. The van der Waals surface area contributed by atoms with Crippen molar-refractivity contribution in [2.24, 2.45) is 7.05 Å². The highest BCUT2D eigenvalue weighted by Gasteiger charge is 2.26. The number of carboxylic acid groups (broad SMARTS) is 1. The fourth-order valence-electron chi connectivity index (χ4n) is 3.49. The lowest BCUT2D eigenvalue weighted by molar-refractivity contribution is 0.0698. The zero-order chi connectivity index (χ0) is 20.2. The lowest BCUT2D eigenvalue weighted by Crippen LogP contribution is -2.38. The van der Waals surface area contributed by atoms with Crippen molar-refractivity contribution < 1.29 is 9.90 Å². The third-order valence-corrected chi connectivity index (χ3v) is 6.01. The maximum absolute atomic E-state index is 12.8. The van der Waals surface area contributed by atoms with E-state index in [1.54, 1.807) is 12.4 Å². The smallest absolute Gasteiger partial charge is 0.337 e. The van der Waals surface area contributed by atoms with Crippen LogP contribution in [-0.2, 0) is 13.5 Å². The molecule has 2 N–H and O–H groups in total. The lowest BCUT2D eigenvalue weighted by Gasteiger charge is -2.12. The van der Waals surface area contributed by atoms with Crippen molar-refractivity contribution in [3.05, 3.63) is 61.4 Å². The van der Waals surface area contributed by atoms with Crippen molar-refractivity contribution in [2.75, 3.05) is 0 Å². The first-order valence-electron chi connectivity index (χ1n) is 8.72. The van der Waals surface area contributed by atoms with E-state index in [1.165, 1.54) is 23.0 Å². The molecule has 28 heavy (non-hydrogen) atoms. The van der Waals surface area contributed by atoms with Crippen LogP contribution in [0.4, 0.5) is 0 Å². The molecule has 0 spiro atoms. The minimum Gasteiger partial charge on any atom is -0.478 e. The maximum Gasteiger partial charge on any atom is 0.337 e. The van der Waals surface area contributed by atoms with Gasteiger partial charge < -0.3 is 10.1 Å². The van der Waals surface area contributed by atoms with E-state index in [-0.39, 0.29) is 17.0 Å². The number of rotatable bonds is 4. The van der Waals surface area contributed by atoms with E-state index in [0.29, 0.717) is 21.8 Å². The average molecular weight is 398 g/mol. The summed E-state index contributed by atoms with van der Waals surface area (Å²) < 4.78 is 2.46. The Morgan fingerprint density at radius 3 is 2.75 bits per heavy atom. The molecule has 144 valence electrons. The minimum absolute atomic E-state index is 0.0319. The molecule has 4 aromatic rings. The Bertz CT molecular complexity index is 1360. The van der Waals surface area contributed by atoms with Crippen LogP contribution in [0.3, 0.4) is 0 Å². The van der Waals surface area contributed by atoms with Crippen molar-refractivity contribution in [3.8, 4) is 0 Å². The molecule has 0 radical (unpaired) electrons. The van der Waals surface area contributed by atoms with E-state index in [1.807, 2.05) is 26.0 Å². The molecular weight excluding hydrogens is 380 g/mol. The van der Waals surface area contributed by atoms with Crippen LogP contribution >= 0.6 is 11.3 Å². The molecule has 0 aliphatic rings. The van der Waals surface area contributed by atoms with Crippen molar-refractivity contribution >= 4 is 38.6 Å². The number of thiophene rings is 1.